The average Bonchev–Trinajstić information content (AvgIpc) is 2.95. The molecule has 1 unspecified atom stereocenters. The summed E-state index contributed by atoms with van der Waals surface area (Å²) in [6, 6.07) is 0. The van der Waals surface area contributed by atoms with Crippen LogP contribution in [0.2, 0.25) is 0 Å². The lowest BCUT2D eigenvalue weighted by Gasteiger charge is -2.42. The lowest BCUT2D eigenvalue weighted by atomic mass is 9.87. The van der Waals surface area contributed by atoms with Crippen molar-refractivity contribution in [1.82, 2.24) is 10.2 Å². The number of rotatable bonds is 2. The van der Waals surface area contributed by atoms with Crippen molar-refractivity contribution in [3.05, 3.63) is 0 Å². The third-order valence-electron chi connectivity index (χ3n) is 4.37. The molecule has 2 nitrogen and oxygen atoms in total. The normalized spacial score (nSPS) is 39.4. The molecule has 0 aromatic carbocycles. The molecular formula is C12H22N2. The van der Waals surface area contributed by atoms with Crippen molar-refractivity contribution >= 4 is 0 Å². The number of hydrogen-bond acceptors (Lipinski definition) is 2. The zero-order valence-corrected chi connectivity index (χ0v) is 9.10. The van der Waals surface area contributed by atoms with Gasteiger partial charge in [-0.05, 0) is 57.5 Å². The van der Waals surface area contributed by atoms with Crippen LogP contribution in [0.3, 0.4) is 0 Å². The number of nitrogens with zero attached hydrogens (tertiary/aromatic N) is 1. The highest BCUT2D eigenvalue weighted by Crippen LogP contribution is 2.39. The number of hydrogen-bond donors (Lipinski definition) is 1. The molecular weight excluding hydrogens is 172 g/mol. The summed E-state index contributed by atoms with van der Waals surface area (Å²) >= 11 is 0. The van der Waals surface area contributed by atoms with E-state index in [2.05, 4.69) is 10.2 Å². The van der Waals surface area contributed by atoms with Crippen molar-refractivity contribution < 1.29 is 0 Å². The van der Waals surface area contributed by atoms with Crippen LogP contribution >= 0.6 is 0 Å². The zero-order valence-electron chi connectivity index (χ0n) is 9.10. The second-order valence-corrected chi connectivity index (χ2v) is 5.50. The second-order valence-electron chi connectivity index (χ2n) is 5.50. The molecule has 1 atom stereocenters. The van der Waals surface area contributed by atoms with E-state index in [1.807, 2.05) is 0 Å². The van der Waals surface area contributed by atoms with Gasteiger partial charge in [0.1, 0.15) is 0 Å². The van der Waals surface area contributed by atoms with Crippen LogP contribution in [-0.2, 0) is 0 Å². The summed E-state index contributed by atoms with van der Waals surface area (Å²) in [5.41, 5.74) is 0.584. The molecule has 2 aliphatic heterocycles. The van der Waals surface area contributed by atoms with E-state index in [-0.39, 0.29) is 0 Å². The Labute approximate surface area is 87.0 Å². The van der Waals surface area contributed by atoms with Crippen LogP contribution in [0.1, 0.15) is 38.5 Å². The Bertz CT molecular complexity index is 204. The quantitative estimate of drug-likeness (QED) is 0.718. The first-order valence-electron chi connectivity index (χ1n) is 6.35. The highest BCUT2D eigenvalue weighted by Gasteiger charge is 2.43. The Morgan fingerprint density at radius 2 is 2.07 bits per heavy atom. The van der Waals surface area contributed by atoms with Crippen molar-refractivity contribution in [2.45, 2.75) is 44.1 Å². The molecule has 3 fully saturated rings. The minimum absolute atomic E-state index is 0.584. The van der Waals surface area contributed by atoms with Gasteiger partial charge in [0.05, 0.1) is 0 Å². The summed E-state index contributed by atoms with van der Waals surface area (Å²) in [6.45, 7) is 5.29. The molecule has 3 aliphatic rings. The second kappa shape index (κ2) is 3.49. The van der Waals surface area contributed by atoms with Gasteiger partial charge in [0.25, 0.3) is 0 Å². The van der Waals surface area contributed by atoms with E-state index in [0.717, 1.165) is 5.92 Å². The molecule has 14 heavy (non-hydrogen) atoms. The SMILES string of the molecule is C1CNCC2(C1)CCCN2CC1CC1. The maximum Gasteiger partial charge on any atom is 0.0335 e. The molecule has 0 amide bonds. The van der Waals surface area contributed by atoms with Crippen LogP contribution in [0.5, 0.6) is 0 Å². The Hall–Kier alpha value is -0.0800. The van der Waals surface area contributed by atoms with E-state index in [1.54, 1.807) is 0 Å². The first-order valence-corrected chi connectivity index (χ1v) is 6.35. The van der Waals surface area contributed by atoms with Gasteiger partial charge in [-0.25, -0.2) is 0 Å². The standard InChI is InChI=1S/C12H22N2/c1-5-12(10-13-7-1)6-2-8-14(12)9-11-3-4-11/h11,13H,1-10H2. The number of likely N-dealkylation sites (tertiary alicyclic amines) is 1. The molecule has 3 rings (SSSR count). The first-order chi connectivity index (χ1) is 6.89. The van der Waals surface area contributed by atoms with Gasteiger partial charge in [-0.3, -0.25) is 4.90 Å². The highest BCUT2D eigenvalue weighted by atomic mass is 15.2. The van der Waals surface area contributed by atoms with Gasteiger partial charge in [0, 0.05) is 18.6 Å². The lowest BCUT2D eigenvalue weighted by Crippen LogP contribution is -2.54. The summed E-state index contributed by atoms with van der Waals surface area (Å²) in [7, 11) is 0. The fourth-order valence-corrected chi connectivity index (χ4v) is 3.33. The molecule has 1 spiro atoms. The smallest absolute Gasteiger partial charge is 0.0335 e. The van der Waals surface area contributed by atoms with E-state index < -0.39 is 0 Å². The van der Waals surface area contributed by atoms with E-state index in [9.17, 15) is 0 Å². The molecule has 1 aliphatic carbocycles. The number of nitrogens with one attached hydrogen (secondary N) is 1. The van der Waals surface area contributed by atoms with Crippen molar-refractivity contribution in [1.29, 1.82) is 0 Å². The largest absolute Gasteiger partial charge is 0.315 e. The molecule has 80 valence electrons. The zero-order chi connectivity index (χ0) is 9.43. The molecule has 0 radical (unpaired) electrons. The van der Waals surface area contributed by atoms with E-state index in [0.29, 0.717) is 5.54 Å². The summed E-state index contributed by atoms with van der Waals surface area (Å²) in [6.07, 6.45) is 8.73. The van der Waals surface area contributed by atoms with Gasteiger partial charge >= 0.3 is 0 Å². The van der Waals surface area contributed by atoms with Crippen molar-refractivity contribution in [3.8, 4) is 0 Å². The molecule has 1 saturated carbocycles. The maximum atomic E-state index is 3.60. The maximum absolute atomic E-state index is 3.60. The van der Waals surface area contributed by atoms with Crippen LogP contribution in [0, 0.1) is 5.92 Å². The molecule has 0 aromatic heterocycles. The summed E-state index contributed by atoms with van der Waals surface area (Å²) < 4.78 is 0. The summed E-state index contributed by atoms with van der Waals surface area (Å²) in [4.78, 5) is 2.82. The van der Waals surface area contributed by atoms with Crippen molar-refractivity contribution in [2.24, 2.45) is 5.92 Å². The van der Waals surface area contributed by atoms with Gasteiger partial charge in [-0.2, -0.15) is 0 Å². The van der Waals surface area contributed by atoms with Gasteiger partial charge in [0.2, 0.25) is 0 Å². The molecule has 2 heteroatoms. The monoisotopic (exact) mass is 194 g/mol. The van der Waals surface area contributed by atoms with Gasteiger partial charge in [0.15, 0.2) is 0 Å². The van der Waals surface area contributed by atoms with Crippen LogP contribution in [0.4, 0.5) is 0 Å². The Morgan fingerprint density at radius 3 is 2.79 bits per heavy atom. The highest BCUT2D eigenvalue weighted by molar-refractivity contribution is 5.00. The third kappa shape index (κ3) is 1.59. The molecule has 0 bridgehead atoms. The van der Waals surface area contributed by atoms with Crippen LogP contribution in [0.15, 0.2) is 0 Å². The topological polar surface area (TPSA) is 15.3 Å². The van der Waals surface area contributed by atoms with Crippen molar-refractivity contribution in [3.63, 3.8) is 0 Å². The summed E-state index contributed by atoms with van der Waals surface area (Å²) in [5, 5.41) is 3.60. The minimum atomic E-state index is 0.584. The first kappa shape index (κ1) is 9.17. The van der Waals surface area contributed by atoms with E-state index >= 15 is 0 Å². The molecule has 2 heterocycles. The van der Waals surface area contributed by atoms with Crippen LogP contribution in [0.25, 0.3) is 0 Å². The fraction of sp³-hybridized carbons (Fsp3) is 1.00. The average molecular weight is 194 g/mol. The molecule has 2 saturated heterocycles. The van der Waals surface area contributed by atoms with Crippen molar-refractivity contribution in [2.75, 3.05) is 26.2 Å². The number of piperidine rings is 1. The third-order valence-corrected chi connectivity index (χ3v) is 4.37. The molecule has 0 aromatic rings. The lowest BCUT2D eigenvalue weighted by molar-refractivity contribution is 0.100. The Morgan fingerprint density at radius 1 is 1.21 bits per heavy atom. The predicted molar refractivity (Wildman–Crippen MR) is 58.4 cm³/mol. The minimum Gasteiger partial charge on any atom is -0.315 e. The van der Waals surface area contributed by atoms with Gasteiger partial charge in [-0.15, -0.1) is 0 Å². The Balaban J connectivity index is 1.68. The van der Waals surface area contributed by atoms with E-state index in [1.165, 1.54) is 64.7 Å². The van der Waals surface area contributed by atoms with Gasteiger partial charge < -0.3 is 5.32 Å². The van der Waals surface area contributed by atoms with E-state index in [4.69, 9.17) is 0 Å². The fourth-order valence-electron chi connectivity index (χ4n) is 3.33. The summed E-state index contributed by atoms with van der Waals surface area (Å²) in [5.74, 6) is 1.06. The molecule has 1 N–H and O–H groups in total. The Kier molecular flexibility index (Phi) is 2.29. The predicted octanol–water partition coefficient (Wildman–Crippen LogP) is 1.61. The van der Waals surface area contributed by atoms with Crippen LogP contribution < -0.4 is 5.32 Å². The van der Waals surface area contributed by atoms with Crippen LogP contribution in [-0.4, -0.2) is 36.6 Å². The van der Waals surface area contributed by atoms with Gasteiger partial charge in [-0.1, -0.05) is 0 Å².